The maximum Gasteiger partial charge on any atom is 0.247 e. The van der Waals surface area contributed by atoms with Gasteiger partial charge in [0.1, 0.15) is 29.6 Å². The maximum absolute atomic E-state index is 13.7. The number of primary amides is 1. The molecule has 1 aliphatic rings. The fourth-order valence-corrected chi connectivity index (χ4v) is 2.37. The van der Waals surface area contributed by atoms with Crippen molar-refractivity contribution in [2.45, 2.75) is 12.2 Å². The predicted molar refractivity (Wildman–Crippen MR) is 79.4 cm³/mol. The molecule has 0 spiro atoms. The fourth-order valence-electron chi connectivity index (χ4n) is 2.37. The molecule has 2 atom stereocenters. The number of hydrogen-bond acceptors (Lipinski definition) is 3. The van der Waals surface area contributed by atoms with Gasteiger partial charge in [0.15, 0.2) is 0 Å². The topological polar surface area (TPSA) is 61.6 Å². The van der Waals surface area contributed by atoms with Crippen LogP contribution in [0.5, 0.6) is 5.75 Å². The summed E-state index contributed by atoms with van der Waals surface area (Å²) in [6, 6.07) is 10.1. The average molecular weight is 318 g/mol. The van der Waals surface area contributed by atoms with Crippen LogP contribution in [0.25, 0.3) is 11.1 Å². The summed E-state index contributed by atoms with van der Waals surface area (Å²) in [6.45, 7) is 0.238. The van der Waals surface area contributed by atoms with Crippen LogP contribution in [-0.2, 0) is 9.53 Å². The Kier molecular flexibility index (Phi) is 4.25. The van der Waals surface area contributed by atoms with E-state index in [1.807, 2.05) is 0 Å². The van der Waals surface area contributed by atoms with Crippen LogP contribution in [0.3, 0.4) is 0 Å². The van der Waals surface area contributed by atoms with Gasteiger partial charge in [-0.25, -0.2) is 8.78 Å². The van der Waals surface area contributed by atoms with Crippen molar-refractivity contribution in [2.24, 2.45) is 5.73 Å². The number of hydrogen-bond donors (Lipinski definition) is 1. The highest BCUT2D eigenvalue weighted by Crippen LogP contribution is 2.27. The smallest absolute Gasteiger partial charge is 0.247 e. The summed E-state index contributed by atoms with van der Waals surface area (Å²) in [5.41, 5.74) is 6.07. The summed E-state index contributed by atoms with van der Waals surface area (Å²) in [5, 5.41) is 0. The number of amides is 1. The Morgan fingerprint density at radius 1 is 1.17 bits per heavy atom. The van der Waals surface area contributed by atoms with Gasteiger partial charge in [-0.2, -0.15) is 0 Å². The van der Waals surface area contributed by atoms with Crippen molar-refractivity contribution in [3.05, 3.63) is 60.5 Å². The highest BCUT2D eigenvalue weighted by atomic mass is 19.1. The molecule has 0 aliphatic carbocycles. The zero-order valence-corrected chi connectivity index (χ0v) is 12.0. The minimum absolute atomic E-state index is 0.238. The van der Waals surface area contributed by atoms with Crippen molar-refractivity contribution >= 4 is 5.91 Å². The van der Waals surface area contributed by atoms with Gasteiger partial charge in [-0.1, -0.05) is 12.1 Å². The third-order valence-electron chi connectivity index (χ3n) is 3.49. The van der Waals surface area contributed by atoms with Gasteiger partial charge in [0.05, 0.1) is 6.61 Å². The summed E-state index contributed by atoms with van der Waals surface area (Å²) >= 11 is 0. The number of carbonyl (C=O) groups is 1. The van der Waals surface area contributed by atoms with E-state index in [4.69, 9.17) is 15.2 Å². The molecule has 4 nitrogen and oxygen atoms in total. The van der Waals surface area contributed by atoms with Crippen LogP contribution < -0.4 is 10.5 Å². The normalized spacial score (nSPS) is 20.4. The van der Waals surface area contributed by atoms with Crippen molar-refractivity contribution in [1.82, 2.24) is 0 Å². The van der Waals surface area contributed by atoms with Crippen molar-refractivity contribution < 1.29 is 23.0 Å². The van der Waals surface area contributed by atoms with E-state index in [2.05, 4.69) is 0 Å². The monoisotopic (exact) mass is 318 g/mol. The van der Waals surface area contributed by atoms with E-state index in [1.54, 1.807) is 30.7 Å². The summed E-state index contributed by atoms with van der Waals surface area (Å²) in [6.07, 6.45) is 0.476. The van der Waals surface area contributed by atoms with Gasteiger partial charge < -0.3 is 15.2 Å². The second-order valence-corrected chi connectivity index (χ2v) is 5.15. The number of ether oxygens (including phenoxy) is 2. The summed E-state index contributed by atoms with van der Waals surface area (Å²) in [4.78, 5) is 11.0. The first-order chi connectivity index (χ1) is 11.0. The van der Waals surface area contributed by atoms with Crippen LogP contribution in [-0.4, -0.2) is 24.7 Å². The van der Waals surface area contributed by atoms with Crippen LogP contribution in [0, 0.1) is 18.1 Å². The van der Waals surface area contributed by atoms with Crippen LogP contribution in [0.15, 0.2) is 42.5 Å². The lowest BCUT2D eigenvalue weighted by molar-refractivity contribution is -0.125. The molecule has 1 aliphatic heterocycles. The van der Waals surface area contributed by atoms with Gasteiger partial charge >= 0.3 is 0 Å². The highest BCUT2D eigenvalue weighted by Gasteiger charge is 2.31. The van der Waals surface area contributed by atoms with E-state index >= 15 is 0 Å². The Labute approximate surface area is 131 Å². The molecular weight excluding hydrogens is 304 g/mol. The number of rotatable bonds is 4. The Morgan fingerprint density at radius 2 is 1.91 bits per heavy atom. The molecule has 2 aromatic rings. The van der Waals surface area contributed by atoms with Gasteiger partial charge in [0, 0.05) is 18.1 Å². The molecule has 1 radical (unpaired) electrons. The minimum atomic E-state index is -0.743. The van der Waals surface area contributed by atoms with Gasteiger partial charge in [-0.05, 0) is 29.8 Å². The summed E-state index contributed by atoms with van der Waals surface area (Å²) in [5.74, 6) is -1.25. The lowest BCUT2D eigenvalue weighted by Gasteiger charge is -2.12. The Morgan fingerprint density at radius 3 is 2.52 bits per heavy atom. The standard InChI is InChI=1S/C17H14F2NO3/c18-11-3-6-14(15(19)7-11)10-1-4-12(5-2-10)23-13-8-16(17(20)21)22-9-13/h1-8,13,16H,9H2,(H2,20,21)/t13-,16?/m0/s1. The minimum Gasteiger partial charge on any atom is -0.488 e. The number of carbonyl (C=O) groups excluding carboxylic acids is 1. The van der Waals surface area contributed by atoms with E-state index in [-0.39, 0.29) is 12.7 Å². The third kappa shape index (κ3) is 3.48. The van der Waals surface area contributed by atoms with Crippen molar-refractivity contribution in [3.8, 4) is 16.9 Å². The SMILES string of the molecule is NC(=O)C1[CH][C@H](Oc2ccc(-c3ccc(F)cc3F)cc2)CO1. The Hall–Kier alpha value is -2.47. The van der Waals surface area contributed by atoms with E-state index in [0.29, 0.717) is 16.9 Å². The number of nitrogens with two attached hydrogens (primary N) is 1. The first kappa shape index (κ1) is 15.4. The quantitative estimate of drug-likeness (QED) is 0.942. The molecule has 0 aromatic heterocycles. The van der Waals surface area contributed by atoms with E-state index in [9.17, 15) is 13.6 Å². The van der Waals surface area contributed by atoms with Crippen molar-refractivity contribution in [1.29, 1.82) is 0 Å². The number of halogens is 2. The molecule has 1 saturated heterocycles. The summed E-state index contributed by atoms with van der Waals surface area (Å²) in [7, 11) is 0. The fraction of sp³-hybridized carbons (Fsp3) is 0.176. The average Bonchev–Trinajstić information content (AvgIpc) is 2.97. The highest BCUT2D eigenvalue weighted by molar-refractivity contribution is 5.80. The molecule has 1 heterocycles. The van der Waals surface area contributed by atoms with Gasteiger partial charge in [0.25, 0.3) is 0 Å². The molecule has 2 N–H and O–H groups in total. The Bertz CT molecular complexity index is 718. The van der Waals surface area contributed by atoms with E-state index in [1.165, 1.54) is 12.1 Å². The van der Waals surface area contributed by atoms with Crippen molar-refractivity contribution in [3.63, 3.8) is 0 Å². The molecule has 119 valence electrons. The molecule has 6 heteroatoms. The van der Waals surface area contributed by atoms with Crippen LogP contribution >= 0.6 is 0 Å². The maximum atomic E-state index is 13.7. The lowest BCUT2D eigenvalue weighted by Crippen LogP contribution is -2.28. The molecule has 3 rings (SSSR count). The first-order valence-corrected chi connectivity index (χ1v) is 7.01. The molecule has 0 bridgehead atoms. The second-order valence-electron chi connectivity index (χ2n) is 5.15. The first-order valence-electron chi connectivity index (χ1n) is 7.01. The second kappa shape index (κ2) is 6.34. The van der Waals surface area contributed by atoms with E-state index in [0.717, 1.165) is 6.07 Å². The molecule has 2 aromatic carbocycles. The molecular formula is C17H14F2NO3. The molecule has 1 amide bonds. The Balaban J connectivity index is 1.69. The molecule has 1 fully saturated rings. The van der Waals surface area contributed by atoms with Gasteiger partial charge in [-0.15, -0.1) is 0 Å². The molecule has 1 unspecified atom stereocenters. The largest absolute Gasteiger partial charge is 0.488 e. The van der Waals surface area contributed by atoms with Crippen LogP contribution in [0.1, 0.15) is 0 Å². The molecule has 0 saturated carbocycles. The zero-order chi connectivity index (χ0) is 16.4. The third-order valence-corrected chi connectivity index (χ3v) is 3.49. The molecule has 23 heavy (non-hydrogen) atoms. The zero-order valence-electron chi connectivity index (χ0n) is 12.0. The number of benzene rings is 2. The summed E-state index contributed by atoms with van der Waals surface area (Å²) < 4.78 is 37.5. The van der Waals surface area contributed by atoms with Crippen LogP contribution in [0.2, 0.25) is 0 Å². The van der Waals surface area contributed by atoms with Gasteiger partial charge in [-0.3, -0.25) is 4.79 Å². The predicted octanol–water partition coefficient (Wildman–Crippen LogP) is 2.47. The van der Waals surface area contributed by atoms with Crippen molar-refractivity contribution in [2.75, 3.05) is 6.61 Å². The lowest BCUT2D eigenvalue weighted by atomic mass is 10.0. The van der Waals surface area contributed by atoms with E-state index < -0.39 is 23.6 Å². The van der Waals surface area contributed by atoms with Gasteiger partial charge in [0.2, 0.25) is 5.91 Å². The van der Waals surface area contributed by atoms with Crippen LogP contribution in [0.4, 0.5) is 8.78 Å².